The minimum atomic E-state index is -0.231. The number of hydrogen-bond donors (Lipinski definition) is 2. The number of carbonyl (C=O) groups is 2. The second-order valence-electron chi connectivity index (χ2n) is 9.44. The van der Waals surface area contributed by atoms with Gasteiger partial charge in [-0.1, -0.05) is 34.6 Å². The number of hydrogen-bond acceptors (Lipinski definition) is 4. The van der Waals surface area contributed by atoms with Crippen molar-refractivity contribution in [2.45, 2.75) is 79.7 Å². The maximum atomic E-state index is 12.7. The Morgan fingerprint density at radius 3 is 1.96 bits per heavy atom. The van der Waals surface area contributed by atoms with E-state index in [-0.39, 0.29) is 27.9 Å². The summed E-state index contributed by atoms with van der Waals surface area (Å²) < 4.78 is 0. The van der Waals surface area contributed by atoms with Crippen molar-refractivity contribution in [2.24, 2.45) is 10.8 Å². The van der Waals surface area contributed by atoms with Gasteiger partial charge in [-0.25, -0.2) is 0 Å². The molecule has 0 amide bonds. The van der Waals surface area contributed by atoms with Crippen LogP contribution >= 0.6 is 12.6 Å². The van der Waals surface area contributed by atoms with Gasteiger partial charge in [0.1, 0.15) is 0 Å². The third-order valence-electron chi connectivity index (χ3n) is 4.07. The third kappa shape index (κ3) is 6.33. The van der Waals surface area contributed by atoms with Crippen molar-refractivity contribution in [3.8, 4) is 0 Å². The van der Waals surface area contributed by atoms with Crippen molar-refractivity contribution in [3.63, 3.8) is 0 Å². The van der Waals surface area contributed by atoms with E-state index < -0.39 is 0 Å². The van der Waals surface area contributed by atoms with Crippen LogP contribution in [0.5, 0.6) is 0 Å². The van der Waals surface area contributed by atoms with Crippen LogP contribution in [0.15, 0.2) is 11.3 Å². The Morgan fingerprint density at radius 2 is 1.57 bits per heavy atom. The van der Waals surface area contributed by atoms with Gasteiger partial charge in [0.25, 0.3) is 0 Å². The molecular weight excluding hydrogens is 306 g/mol. The predicted molar refractivity (Wildman–Crippen MR) is 99.8 cm³/mol. The molecule has 1 aliphatic carbocycles. The monoisotopic (exact) mass is 339 g/mol. The van der Waals surface area contributed by atoms with Crippen LogP contribution in [0.3, 0.4) is 0 Å². The molecule has 0 aromatic heterocycles. The highest BCUT2D eigenvalue weighted by atomic mass is 32.1. The van der Waals surface area contributed by atoms with Crippen LogP contribution in [0.25, 0.3) is 0 Å². The van der Waals surface area contributed by atoms with Crippen molar-refractivity contribution in [1.82, 2.24) is 5.32 Å². The van der Waals surface area contributed by atoms with Gasteiger partial charge in [0.05, 0.1) is 5.57 Å². The number of carbonyl (C=O) groups excluding carboxylic acids is 2. The summed E-state index contributed by atoms with van der Waals surface area (Å²) >= 11 is 4.32. The number of allylic oxidation sites excluding steroid dienone is 2. The number of thiol groups is 1. The van der Waals surface area contributed by atoms with Crippen molar-refractivity contribution in [3.05, 3.63) is 11.3 Å². The summed E-state index contributed by atoms with van der Waals surface area (Å²) in [6.45, 7) is 14.5. The highest BCUT2D eigenvalue weighted by Crippen LogP contribution is 2.37. The summed E-state index contributed by atoms with van der Waals surface area (Å²) in [7, 11) is 0. The van der Waals surface area contributed by atoms with Crippen LogP contribution in [-0.4, -0.2) is 22.9 Å². The molecule has 0 aromatic rings. The average Bonchev–Trinajstić information content (AvgIpc) is 2.21. The zero-order valence-electron chi connectivity index (χ0n) is 15.8. The largest absolute Gasteiger partial charge is 0.383 e. The van der Waals surface area contributed by atoms with E-state index in [2.05, 4.69) is 52.6 Å². The molecule has 0 saturated heterocycles. The van der Waals surface area contributed by atoms with Gasteiger partial charge in [0, 0.05) is 24.1 Å². The van der Waals surface area contributed by atoms with Gasteiger partial charge < -0.3 is 5.32 Å². The zero-order valence-corrected chi connectivity index (χ0v) is 16.7. The Kier molecular flexibility index (Phi) is 6.17. The lowest BCUT2D eigenvalue weighted by Gasteiger charge is -2.35. The first-order chi connectivity index (χ1) is 10.3. The van der Waals surface area contributed by atoms with E-state index in [1.165, 1.54) is 0 Å². The Labute approximate surface area is 147 Å². The number of nitrogens with one attached hydrogen (secondary N) is 1. The summed E-state index contributed by atoms with van der Waals surface area (Å²) in [5, 5.41) is 3.50. The molecule has 0 unspecified atom stereocenters. The van der Waals surface area contributed by atoms with E-state index in [0.29, 0.717) is 24.8 Å². The lowest BCUT2D eigenvalue weighted by molar-refractivity contribution is -0.127. The fourth-order valence-corrected chi connectivity index (χ4v) is 3.64. The molecule has 1 fully saturated rings. The molecule has 0 aromatic carbocycles. The number of Topliss-reactive ketones (excluding diaryl/α,β-unsaturated/α-hetero) is 2. The molecule has 4 heteroatoms. The normalized spacial score (nSPS) is 19.0. The molecule has 0 radical (unpaired) electrons. The summed E-state index contributed by atoms with van der Waals surface area (Å²) in [6, 6.07) is 0. The van der Waals surface area contributed by atoms with E-state index in [0.717, 1.165) is 17.9 Å². The topological polar surface area (TPSA) is 46.2 Å². The van der Waals surface area contributed by atoms with Crippen LogP contribution in [0.4, 0.5) is 0 Å². The quantitative estimate of drug-likeness (QED) is 0.445. The highest BCUT2D eigenvalue weighted by Gasteiger charge is 2.38. The van der Waals surface area contributed by atoms with Crippen molar-refractivity contribution >= 4 is 24.2 Å². The fourth-order valence-electron chi connectivity index (χ4n) is 3.08. The van der Waals surface area contributed by atoms with Crippen LogP contribution in [0.1, 0.15) is 74.1 Å². The minimum Gasteiger partial charge on any atom is -0.383 e. The molecule has 1 aliphatic rings. The molecule has 3 nitrogen and oxygen atoms in total. The van der Waals surface area contributed by atoms with E-state index in [1.54, 1.807) is 0 Å². The standard InChI is InChI=1S/C19H33NO2S/c1-17(2,3)10-13(20-19(6,7)8-9-23)16-14(21)11-18(4,5)12-15(16)22/h20,23H,8-12H2,1-7H3. The maximum Gasteiger partial charge on any atom is 0.168 e. The SMILES string of the molecule is CC(C)(C)CC(NC(C)(C)CCS)=C1C(=O)CC(C)(C)CC1=O. The van der Waals surface area contributed by atoms with Crippen molar-refractivity contribution in [1.29, 1.82) is 0 Å². The molecule has 23 heavy (non-hydrogen) atoms. The van der Waals surface area contributed by atoms with Gasteiger partial charge in [-0.3, -0.25) is 9.59 Å². The minimum absolute atomic E-state index is 0.0000963. The zero-order chi connectivity index (χ0) is 18.1. The van der Waals surface area contributed by atoms with Crippen LogP contribution < -0.4 is 5.32 Å². The van der Waals surface area contributed by atoms with Crippen molar-refractivity contribution < 1.29 is 9.59 Å². The van der Waals surface area contributed by atoms with Gasteiger partial charge in [-0.2, -0.15) is 12.6 Å². The first-order valence-electron chi connectivity index (χ1n) is 8.45. The second-order valence-corrected chi connectivity index (χ2v) is 9.88. The van der Waals surface area contributed by atoms with Crippen LogP contribution in [-0.2, 0) is 9.59 Å². The fraction of sp³-hybridized carbons (Fsp3) is 0.789. The van der Waals surface area contributed by atoms with Gasteiger partial charge >= 0.3 is 0 Å². The lowest BCUT2D eigenvalue weighted by atomic mass is 9.72. The summed E-state index contributed by atoms with van der Waals surface area (Å²) in [6.07, 6.45) is 2.44. The molecule has 132 valence electrons. The molecule has 1 N–H and O–H groups in total. The smallest absolute Gasteiger partial charge is 0.168 e. The lowest BCUT2D eigenvalue weighted by Crippen LogP contribution is -2.43. The van der Waals surface area contributed by atoms with Crippen molar-refractivity contribution in [2.75, 3.05) is 5.75 Å². The van der Waals surface area contributed by atoms with Gasteiger partial charge in [0.15, 0.2) is 11.6 Å². The molecule has 0 atom stereocenters. The van der Waals surface area contributed by atoms with Gasteiger partial charge in [0.2, 0.25) is 0 Å². The molecule has 1 rings (SSSR count). The van der Waals surface area contributed by atoms with E-state index in [1.807, 2.05) is 13.8 Å². The molecular formula is C19H33NO2S. The Bertz CT molecular complexity index is 488. The Hall–Kier alpha value is -0.770. The molecule has 0 bridgehead atoms. The maximum absolute atomic E-state index is 12.7. The highest BCUT2D eigenvalue weighted by molar-refractivity contribution is 7.80. The molecule has 0 spiro atoms. The molecule has 1 saturated carbocycles. The van der Waals surface area contributed by atoms with Gasteiger partial charge in [-0.15, -0.1) is 0 Å². The third-order valence-corrected chi connectivity index (χ3v) is 4.29. The summed E-state index contributed by atoms with van der Waals surface area (Å²) in [4.78, 5) is 25.3. The summed E-state index contributed by atoms with van der Waals surface area (Å²) in [5.74, 6) is 0.729. The predicted octanol–water partition coefficient (Wildman–Crippen LogP) is 4.32. The average molecular weight is 340 g/mol. The molecule has 0 aliphatic heterocycles. The Balaban J connectivity index is 3.26. The second kappa shape index (κ2) is 7.00. The number of ketones is 2. The van der Waals surface area contributed by atoms with E-state index >= 15 is 0 Å². The first-order valence-corrected chi connectivity index (χ1v) is 9.08. The number of rotatable bonds is 5. The first kappa shape index (κ1) is 20.3. The molecule has 0 heterocycles. The van der Waals surface area contributed by atoms with E-state index in [4.69, 9.17) is 0 Å². The summed E-state index contributed by atoms with van der Waals surface area (Å²) in [5.41, 5.74) is 0.801. The van der Waals surface area contributed by atoms with Gasteiger partial charge in [-0.05, 0) is 43.3 Å². The Morgan fingerprint density at radius 1 is 1.09 bits per heavy atom. The van der Waals surface area contributed by atoms with E-state index in [9.17, 15) is 9.59 Å². The van der Waals surface area contributed by atoms with Crippen LogP contribution in [0.2, 0.25) is 0 Å². The van der Waals surface area contributed by atoms with Crippen LogP contribution in [0, 0.1) is 10.8 Å².